The van der Waals surface area contributed by atoms with E-state index in [4.69, 9.17) is 4.42 Å². The topological polar surface area (TPSA) is 87.8 Å². The van der Waals surface area contributed by atoms with E-state index in [2.05, 4.69) is 0 Å². The van der Waals surface area contributed by atoms with Gasteiger partial charge in [-0.1, -0.05) is 6.07 Å². The lowest BCUT2D eigenvalue weighted by Gasteiger charge is -2.17. The van der Waals surface area contributed by atoms with Gasteiger partial charge in [-0.15, -0.1) is 0 Å². The molecule has 3 rings (SSSR count). The number of carbonyl (C=O) groups is 2. The molecule has 3 aromatic rings. The van der Waals surface area contributed by atoms with E-state index in [9.17, 15) is 19.5 Å². The van der Waals surface area contributed by atoms with Crippen molar-refractivity contribution in [2.45, 2.75) is 13.8 Å². The molecule has 6 nitrogen and oxygen atoms in total. The van der Waals surface area contributed by atoms with Crippen molar-refractivity contribution in [3.05, 3.63) is 58.8 Å². The van der Waals surface area contributed by atoms with Gasteiger partial charge < -0.3 is 9.52 Å². The number of phenolic OH excluding ortho intramolecular Hbond substituents is 1. The van der Waals surface area contributed by atoms with Crippen LogP contribution in [0.2, 0.25) is 0 Å². The van der Waals surface area contributed by atoms with Crippen LogP contribution in [-0.2, 0) is 9.59 Å². The van der Waals surface area contributed by atoms with E-state index in [1.54, 1.807) is 36.4 Å². The fraction of sp³-hybridized carbons (Fsp3) is 0.105. The summed E-state index contributed by atoms with van der Waals surface area (Å²) in [6, 6.07) is 12.4. The fourth-order valence-electron chi connectivity index (χ4n) is 2.69. The van der Waals surface area contributed by atoms with Crippen molar-refractivity contribution >= 4 is 28.5 Å². The molecule has 0 fully saturated rings. The molecule has 6 heteroatoms. The Labute approximate surface area is 142 Å². The third-order valence-electron chi connectivity index (χ3n) is 3.77. The zero-order chi connectivity index (χ0) is 18.1. The van der Waals surface area contributed by atoms with Gasteiger partial charge in [0.2, 0.25) is 11.8 Å². The fourth-order valence-corrected chi connectivity index (χ4v) is 2.69. The van der Waals surface area contributed by atoms with Gasteiger partial charge >= 0.3 is 0 Å². The van der Waals surface area contributed by atoms with E-state index < -0.39 is 0 Å². The maximum atomic E-state index is 12.2. The first-order chi connectivity index (χ1) is 11.9. The van der Waals surface area contributed by atoms with E-state index in [1.807, 2.05) is 0 Å². The summed E-state index contributed by atoms with van der Waals surface area (Å²) < 4.78 is 5.70. The molecule has 25 heavy (non-hydrogen) atoms. The highest BCUT2D eigenvalue weighted by Gasteiger charge is 2.16. The SMILES string of the molecule is CC(=O)N(C(C)=O)c1ccc(-c2cc(=O)c3c(O)cccc3o2)cc1. The van der Waals surface area contributed by atoms with E-state index in [-0.39, 0.29) is 34.0 Å². The number of aromatic hydroxyl groups is 1. The first-order valence-electron chi connectivity index (χ1n) is 7.56. The van der Waals surface area contributed by atoms with Gasteiger partial charge in [0.05, 0.1) is 5.69 Å². The largest absolute Gasteiger partial charge is 0.507 e. The molecule has 1 N–H and O–H groups in total. The van der Waals surface area contributed by atoms with Crippen molar-refractivity contribution in [2.75, 3.05) is 4.90 Å². The Bertz CT molecular complexity index is 1020. The predicted molar refractivity (Wildman–Crippen MR) is 93.4 cm³/mol. The van der Waals surface area contributed by atoms with Crippen molar-refractivity contribution in [1.29, 1.82) is 0 Å². The second-order valence-corrected chi connectivity index (χ2v) is 5.55. The maximum absolute atomic E-state index is 12.2. The number of imide groups is 1. The zero-order valence-corrected chi connectivity index (χ0v) is 13.6. The Hall–Kier alpha value is -3.41. The first-order valence-corrected chi connectivity index (χ1v) is 7.56. The average molecular weight is 337 g/mol. The highest BCUT2D eigenvalue weighted by Crippen LogP contribution is 2.27. The average Bonchev–Trinajstić information content (AvgIpc) is 2.54. The van der Waals surface area contributed by atoms with Crippen molar-refractivity contribution in [3.8, 4) is 17.1 Å². The van der Waals surface area contributed by atoms with Gasteiger partial charge in [0.1, 0.15) is 22.5 Å². The summed E-state index contributed by atoms with van der Waals surface area (Å²) in [7, 11) is 0. The molecule has 0 atom stereocenters. The third kappa shape index (κ3) is 3.01. The molecule has 1 heterocycles. The molecule has 2 aromatic carbocycles. The number of hydrogen-bond acceptors (Lipinski definition) is 5. The van der Waals surface area contributed by atoms with Gasteiger partial charge in [-0.2, -0.15) is 0 Å². The summed E-state index contributed by atoms with van der Waals surface area (Å²) in [5, 5.41) is 9.91. The lowest BCUT2D eigenvalue weighted by atomic mass is 10.1. The number of amides is 2. The van der Waals surface area contributed by atoms with Crippen LogP contribution in [0.3, 0.4) is 0 Å². The molecule has 0 aliphatic carbocycles. The van der Waals surface area contributed by atoms with Crippen LogP contribution in [0.25, 0.3) is 22.3 Å². The molecule has 0 radical (unpaired) electrons. The van der Waals surface area contributed by atoms with Gasteiger partial charge in [-0.3, -0.25) is 19.3 Å². The highest BCUT2D eigenvalue weighted by molar-refractivity contribution is 6.13. The van der Waals surface area contributed by atoms with Gasteiger partial charge in [0, 0.05) is 25.5 Å². The molecule has 0 saturated heterocycles. The minimum absolute atomic E-state index is 0.127. The van der Waals surface area contributed by atoms with Crippen molar-refractivity contribution < 1.29 is 19.1 Å². The van der Waals surface area contributed by atoms with Gasteiger partial charge in [0.15, 0.2) is 5.43 Å². The standard InChI is InChI=1S/C19H15NO5/c1-11(21)20(12(2)22)14-8-6-13(7-9-14)18-10-16(24)19-15(23)4-3-5-17(19)25-18/h3-10,23H,1-2H3. The van der Waals surface area contributed by atoms with Gasteiger partial charge in [0.25, 0.3) is 0 Å². The Morgan fingerprint density at radius 3 is 2.24 bits per heavy atom. The molecule has 2 amide bonds. The van der Waals surface area contributed by atoms with Crippen molar-refractivity contribution in [3.63, 3.8) is 0 Å². The van der Waals surface area contributed by atoms with Crippen LogP contribution in [0.5, 0.6) is 5.75 Å². The Kier molecular flexibility index (Phi) is 4.10. The minimum Gasteiger partial charge on any atom is -0.507 e. The Morgan fingerprint density at radius 1 is 1.00 bits per heavy atom. The number of benzene rings is 2. The van der Waals surface area contributed by atoms with Crippen LogP contribution in [0.1, 0.15) is 13.8 Å². The third-order valence-corrected chi connectivity index (χ3v) is 3.77. The molecule has 0 spiro atoms. The van der Waals surface area contributed by atoms with Crippen LogP contribution < -0.4 is 10.3 Å². The maximum Gasteiger partial charge on any atom is 0.230 e. The smallest absolute Gasteiger partial charge is 0.230 e. The van der Waals surface area contributed by atoms with Crippen LogP contribution in [0, 0.1) is 0 Å². The molecule has 0 bridgehead atoms. The summed E-state index contributed by atoms with van der Waals surface area (Å²) >= 11 is 0. The number of hydrogen-bond donors (Lipinski definition) is 1. The number of nitrogens with zero attached hydrogens (tertiary/aromatic N) is 1. The number of fused-ring (bicyclic) bond motifs is 1. The number of phenols is 1. The van der Waals surface area contributed by atoms with Crippen molar-refractivity contribution in [1.82, 2.24) is 0 Å². The molecule has 126 valence electrons. The second-order valence-electron chi connectivity index (χ2n) is 5.55. The molecular weight excluding hydrogens is 322 g/mol. The summed E-state index contributed by atoms with van der Waals surface area (Å²) in [6.45, 7) is 2.62. The monoisotopic (exact) mass is 337 g/mol. The van der Waals surface area contributed by atoms with Crippen LogP contribution in [0.4, 0.5) is 5.69 Å². The molecule has 1 aromatic heterocycles. The van der Waals surface area contributed by atoms with E-state index in [0.717, 1.165) is 4.90 Å². The number of rotatable bonds is 2. The summed E-state index contributed by atoms with van der Waals surface area (Å²) in [4.78, 5) is 36.5. The first kappa shape index (κ1) is 16.4. The van der Waals surface area contributed by atoms with Crippen molar-refractivity contribution in [2.24, 2.45) is 0 Å². The van der Waals surface area contributed by atoms with Crippen LogP contribution in [0.15, 0.2) is 57.7 Å². The van der Waals surface area contributed by atoms with Crippen LogP contribution >= 0.6 is 0 Å². The predicted octanol–water partition coefficient (Wildman–Crippen LogP) is 3.07. The van der Waals surface area contributed by atoms with E-state index in [0.29, 0.717) is 17.0 Å². The van der Waals surface area contributed by atoms with Gasteiger partial charge in [-0.05, 0) is 36.4 Å². The summed E-state index contributed by atoms with van der Waals surface area (Å²) in [5.74, 6) is -0.570. The minimum atomic E-state index is -0.382. The lowest BCUT2D eigenvalue weighted by molar-refractivity contribution is -0.124. The Morgan fingerprint density at radius 2 is 1.64 bits per heavy atom. The second kappa shape index (κ2) is 6.24. The molecule has 0 aliphatic heterocycles. The van der Waals surface area contributed by atoms with Gasteiger partial charge in [-0.25, -0.2) is 0 Å². The van der Waals surface area contributed by atoms with E-state index in [1.165, 1.54) is 26.0 Å². The summed E-state index contributed by atoms with van der Waals surface area (Å²) in [6.07, 6.45) is 0. The number of carbonyl (C=O) groups excluding carboxylic acids is 2. The Balaban J connectivity index is 2.06. The molecule has 0 saturated carbocycles. The lowest BCUT2D eigenvalue weighted by Crippen LogP contribution is -2.32. The normalized spacial score (nSPS) is 10.6. The molecule has 0 unspecified atom stereocenters. The molecule has 0 aliphatic rings. The highest BCUT2D eigenvalue weighted by atomic mass is 16.3. The van der Waals surface area contributed by atoms with Crippen LogP contribution in [-0.4, -0.2) is 16.9 Å². The quantitative estimate of drug-likeness (QED) is 0.776. The van der Waals surface area contributed by atoms with E-state index >= 15 is 0 Å². The summed E-state index contributed by atoms with van der Waals surface area (Å²) in [5.41, 5.74) is 0.968. The zero-order valence-electron chi connectivity index (χ0n) is 13.6. The molecular formula is C19H15NO5. The number of anilines is 1.